The number of hydrogen-bond donors (Lipinski definition) is 0. The molecule has 2 aromatic heterocycles. The first kappa shape index (κ1) is 47.8. The van der Waals surface area contributed by atoms with Crippen LogP contribution >= 0.6 is 22.7 Å². The fourth-order valence-corrected chi connectivity index (χ4v) is 12.9. The molecule has 1 aliphatic carbocycles. The lowest BCUT2D eigenvalue weighted by Gasteiger charge is -2.26. The molecule has 8 aromatic carbocycles. The van der Waals surface area contributed by atoms with Crippen molar-refractivity contribution in [1.29, 1.82) is 0 Å². The minimum Gasteiger partial charge on any atom is -0.194 e. The Morgan fingerprint density at radius 2 is 0.562 bits per heavy atom. The average molecular weight is 1010 g/mol. The van der Waals surface area contributed by atoms with Crippen LogP contribution in [0, 0.1) is 27.7 Å². The van der Waals surface area contributed by atoms with Crippen molar-refractivity contribution in [1.82, 2.24) is 0 Å². The molecule has 0 saturated heterocycles. The Bertz CT molecular complexity index is 3460. The number of rotatable bonds is 10. The van der Waals surface area contributed by atoms with Crippen molar-refractivity contribution in [2.75, 3.05) is 0 Å². The maximum Gasteiger partial charge on any atom is 0.380 e. The Balaban J connectivity index is 0.973. The number of hydrogen-bond acceptors (Lipinski definition) is 2. The number of allylic oxidation sites excluding steroid dienone is 2. The second-order valence-electron chi connectivity index (χ2n) is 18.6. The van der Waals surface area contributed by atoms with Crippen LogP contribution in [-0.4, -0.2) is 17.8 Å². The van der Waals surface area contributed by atoms with Gasteiger partial charge in [0.15, 0.2) is 0 Å². The highest BCUT2D eigenvalue weighted by molar-refractivity contribution is 7.16. The first-order chi connectivity index (χ1) is 35.2. The van der Waals surface area contributed by atoms with Crippen molar-refractivity contribution in [2.24, 2.45) is 0 Å². The Hall–Kier alpha value is -7.52. The van der Waals surface area contributed by atoms with Crippen LogP contribution in [0.25, 0.3) is 98.8 Å². The molecule has 8 heteroatoms. The van der Waals surface area contributed by atoms with E-state index >= 15 is 26.3 Å². The van der Waals surface area contributed by atoms with Crippen LogP contribution in [0.15, 0.2) is 206 Å². The molecule has 0 amide bonds. The van der Waals surface area contributed by atoms with Gasteiger partial charge in [-0.3, -0.25) is 0 Å². The second-order valence-corrected chi connectivity index (χ2v) is 21.0. The van der Waals surface area contributed by atoms with E-state index in [0.29, 0.717) is 20.9 Å². The lowest BCUT2D eigenvalue weighted by molar-refractivity contribution is -0.254. The van der Waals surface area contributed by atoms with Crippen LogP contribution in [-0.2, 0) is 0 Å². The van der Waals surface area contributed by atoms with Gasteiger partial charge in [-0.2, -0.15) is 26.3 Å². The lowest BCUT2D eigenvalue weighted by atomic mass is 9.89. The van der Waals surface area contributed by atoms with Gasteiger partial charge in [-0.1, -0.05) is 194 Å². The third-order valence-electron chi connectivity index (χ3n) is 14.2. The van der Waals surface area contributed by atoms with Gasteiger partial charge in [-0.25, -0.2) is 0 Å². The molecule has 0 fully saturated rings. The fourth-order valence-electron chi connectivity index (χ4n) is 10.5. The summed E-state index contributed by atoms with van der Waals surface area (Å²) in [5.74, 6) is -16.1. The van der Waals surface area contributed by atoms with E-state index in [0.717, 1.165) is 89.4 Å². The summed E-state index contributed by atoms with van der Waals surface area (Å²) in [6.45, 7) is 6.20. The Morgan fingerprint density at radius 3 is 0.890 bits per heavy atom. The predicted octanol–water partition coefficient (Wildman–Crippen LogP) is 20.2. The number of thiophene rings is 2. The van der Waals surface area contributed by atoms with Crippen LogP contribution < -0.4 is 0 Å². The predicted molar refractivity (Wildman–Crippen MR) is 293 cm³/mol. The van der Waals surface area contributed by atoms with Crippen LogP contribution in [0.2, 0.25) is 0 Å². The van der Waals surface area contributed by atoms with E-state index in [2.05, 4.69) is 84.9 Å². The van der Waals surface area contributed by atoms with E-state index < -0.39 is 28.9 Å². The molecule has 0 unspecified atom stereocenters. The van der Waals surface area contributed by atoms with Crippen LogP contribution in [0.5, 0.6) is 0 Å². The summed E-state index contributed by atoms with van der Waals surface area (Å²) in [5.41, 5.74) is 10.7. The van der Waals surface area contributed by atoms with E-state index in [1.165, 1.54) is 0 Å². The molecule has 0 saturated carbocycles. The standard InChI is InChI=1S/C65H46F6S2/c1-39-57(41(3)72-61(39)49-29-25-47(26-30-49)53-35-33-51(43-17-9-5-10-18-43)37-55(53)45-21-13-7-14-22-45)59-60(64(68,69)65(70,71)63(59,66)67)58-40(2)62(73-42(58)4)50-31-27-48(28-32-50)54-36-34-52(44-19-11-6-12-20-44)38-56(54)46-23-15-8-16-24-46/h5-38H,1-4H3. The van der Waals surface area contributed by atoms with Gasteiger partial charge in [0.1, 0.15) is 0 Å². The van der Waals surface area contributed by atoms with E-state index in [4.69, 9.17) is 0 Å². The third-order valence-corrected chi connectivity index (χ3v) is 16.7. The highest BCUT2D eigenvalue weighted by Crippen LogP contribution is 2.67. The van der Waals surface area contributed by atoms with E-state index in [1.807, 2.05) is 121 Å². The average Bonchev–Trinajstić information content (AvgIpc) is 3.93. The number of halogens is 6. The molecule has 0 atom stereocenters. The topological polar surface area (TPSA) is 0 Å². The molecule has 1 aliphatic rings. The van der Waals surface area contributed by atoms with Gasteiger partial charge in [0.2, 0.25) is 0 Å². The summed E-state index contributed by atoms with van der Waals surface area (Å²) in [6.07, 6.45) is 0. The van der Waals surface area contributed by atoms with E-state index in [9.17, 15) is 0 Å². The summed E-state index contributed by atoms with van der Waals surface area (Å²) in [4.78, 5) is 1.56. The zero-order valence-corrected chi connectivity index (χ0v) is 41.8. The summed E-state index contributed by atoms with van der Waals surface area (Å²) in [7, 11) is 0. The summed E-state index contributed by atoms with van der Waals surface area (Å²) in [5, 5.41) is 0. The molecule has 0 N–H and O–H groups in total. The molecular formula is C65H46F6S2. The number of alkyl halides is 6. The zero-order valence-electron chi connectivity index (χ0n) is 40.2. The molecule has 11 rings (SSSR count). The van der Waals surface area contributed by atoms with Crippen LogP contribution in [0.1, 0.15) is 32.0 Å². The highest BCUT2D eigenvalue weighted by Gasteiger charge is 2.80. The molecule has 10 aromatic rings. The minimum atomic E-state index is -5.70. The Morgan fingerprint density at radius 1 is 0.288 bits per heavy atom. The number of aryl methyl sites for hydroxylation is 2. The van der Waals surface area contributed by atoms with Gasteiger partial charge in [0.25, 0.3) is 0 Å². The van der Waals surface area contributed by atoms with Gasteiger partial charge in [0.05, 0.1) is 0 Å². The Labute approximate surface area is 429 Å². The molecule has 2 heterocycles. The van der Waals surface area contributed by atoms with Gasteiger partial charge in [-0.05, 0) is 129 Å². The Kier molecular flexibility index (Phi) is 12.1. The molecule has 0 aliphatic heterocycles. The molecule has 73 heavy (non-hydrogen) atoms. The number of benzene rings is 8. The maximum absolute atomic E-state index is 16.6. The van der Waals surface area contributed by atoms with Crippen LogP contribution in [0.3, 0.4) is 0 Å². The van der Waals surface area contributed by atoms with Crippen molar-refractivity contribution in [3.63, 3.8) is 0 Å². The molecule has 0 radical (unpaired) electrons. The highest BCUT2D eigenvalue weighted by atomic mass is 32.1. The smallest absolute Gasteiger partial charge is 0.194 e. The third kappa shape index (κ3) is 8.08. The monoisotopic (exact) mass is 1000 g/mol. The van der Waals surface area contributed by atoms with Crippen molar-refractivity contribution >= 4 is 33.8 Å². The summed E-state index contributed by atoms with van der Waals surface area (Å²) < 4.78 is 98.5. The SMILES string of the molecule is Cc1sc(-c2ccc(-c3ccc(-c4ccccc4)cc3-c3ccccc3)cc2)c(C)c1C1=C(c2c(C)sc(-c3ccc(-c4ccc(-c5ccccc5)cc4-c4ccccc4)cc3)c2C)C(F)(F)C(F)(F)C1(F)F. The van der Waals surface area contributed by atoms with E-state index in [-0.39, 0.29) is 32.0 Å². The van der Waals surface area contributed by atoms with Gasteiger partial charge < -0.3 is 0 Å². The maximum atomic E-state index is 16.6. The van der Waals surface area contributed by atoms with Crippen molar-refractivity contribution < 1.29 is 26.3 Å². The van der Waals surface area contributed by atoms with E-state index in [1.54, 1.807) is 27.7 Å². The second kappa shape index (κ2) is 18.5. The first-order valence-corrected chi connectivity index (χ1v) is 25.6. The summed E-state index contributed by atoms with van der Waals surface area (Å²) in [6, 6.07) is 68.2. The molecule has 360 valence electrons. The molecule has 0 bridgehead atoms. The van der Waals surface area contributed by atoms with Crippen molar-refractivity contribution in [2.45, 2.75) is 45.5 Å². The van der Waals surface area contributed by atoms with Gasteiger partial charge in [-0.15, -0.1) is 22.7 Å². The molecule has 0 nitrogen and oxygen atoms in total. The fraction of sp³-hybridized carbons (Fsp3) is 0.108. The minimum absolute atomic E-state index is 0.237. The molecular weight excluding hydrogens is 959 g/mol. The first-order valence-electron chi connectivity index (χ1n) is 24.0. The van der Waals surface area contributed by atoms with Crippen molar-refractivity contribution in [3.8, 4) is 87.6 Å². The van der Waals surface area contributed by atoms with Crippen LogP contribution in [0.4, 0.5) is 26.3 Å². The van der Waals surface area contributed by atoms with Crippen molar-refractivity contribution in [3.05, 3.63) is 238 Å². The lowest BCUT2D eigenvalue weighted by Crippen LogP contribution is -2.49. The largest absolute Gasteiger partial charge is 0.380 e. The van der Waals surface area contributed by atoms with Gasteiger partial charge in [0, 0.05) is 41.8 Å². The van der Waals surface area contributed by atoms with Gasteiger partial charge >= 0.3 is 17.8 Å². The summed E-state index contributed by atoms with van der Waals surface area (Å²) >= 11 is 2.27. The normalized spacial score (nSPS) is 14.7. The molecule has 0 spiro atoms. The quantitative estimate of drug-likeness (QED) is 0.120. The zero-order chi connectivity index (χ0) is 50.8.